The summed E-state index contributed by atoms with van der Waals surface area (Å²) in [7, 11) is 0. The van der Waals surface area contributed by atoms with Gasteiger partial charge in [-0.3, -0.25) is 5.21 Å². The van der Waals surface area contributed by atoms with Crippen molar-refractivity contribution in [1.82, 2.24) is 5.48 Å². The first kappa shape index (κ1) is 10.1. The van der Waals surface area contributed by atoms with Gasteiger partial charge >= 0.3 is 0 Å². The lowest BCUT2D eigenvalue weighted by Gasteiger charge is -1.92. The summed E-state index contributed by atoms with van der Waals surface area (Å²) in [5.41, 5.74) is 7.23. The molecule has 1 aromatic carbocycles. The molecule has 0 bridgehead atoms. The highest BCUT2D eigenvalue weighted by molar-refractivity contribution is 5.81. The van der Waals surface area contributed by atoms with Gasteiger partial charge in [0.2, 0.25) is 5.96 Å². The Morgan fingerprint density at radius 2 is 2.36 bits per heavy atom. The minimum atomic E-state index is -0.355. The van der Waals surface area contributed by atoms with Crippen LogP contribution in [0.1, 0.15) is 5.56 Å². The van der Waals surface area contributed by atoms with Gasteiger partial charge in [-0.1, -0.05) is 12.1 Å². The minimum absolute atomic E-state index is 0.238. The van der Waals surface area contributed by atoms with Crippen LogP contribution in [0.2, 0.25) is 0 Å². The molecule has 6 heteroatoms. The highest BCUT2D eigenvalue weighted by Crippen LogP contribution is 2.00. The number of nitrogens with two attached hydrogens (primary N) is 1. The van der Waals surface area contributed by atoms with Gasteiger partial charge < -0.3 is 5.73 Å². The molecule has 0 unspecified atom stereocenters. The van der Waals surface area contributed by atoms with Gasteiger partial charge in [0.15, 0.2) is 0 Å². The van der Waals surface area contributed by atoms with Crippen molar-refractivity contribution < 1.29 is 9.60 Å². The lowest BCUT2D eigenvalue weighted by atomic mass is 10.2. The highest BCUT2D eigenvalue weighted by Gasteiger charge is 1.90. The number of guanidine groups is 1. The molecule has 0 aliphatic rings. The number of halogens is 1. The summed E-state index contributed by atoms with van der Waals surface area (Å²) in [4.78, 5) is 0. The van der Waals surface area contributed by atoms with E-state index >= 15 is 0 Å². The number of hydrogen-bond donors (Lipinski definition) is 3. The maximum Gasteiger partial charge on any atom is 0.237 e. The summed E-state index contributed by atoms with van der Waals surface area (Å²) in [5, 5.41) is 15.1. The molecule has 0 aliphatic heterocycles. The van der Waals surface area contributed by atoms with E-state index in [9.17, 15) is 4.39 Å². The summed E-state index contributed by atoms with van der Waals surface area (Å²) in [6.07, 6.45) is 1.31. The minimum Gasteiger partial charge on any atom is -0.367 e. The number of hydrogen-bond acceptors (Lipinski definition) is 3. The molecule has 5 nitrogen and oxygen atoms in total. The van der Waals surface area contributed by atoms with Crippen LogP contribution in [0.15, 0.2) is 34.5 Å². The molecular weight excluding hydrogens is 187 g/mol. The van der Waals surface area contributed by atoms with Crippen molar-refractivity contribution in [1.29, 1.82) is 0 Å². The molecule has 0 heterocycles. The quantitative estimate of drug-likeness (QED) is 0.365. The number of benzene rings is 1. The van der Waals surface area contributed by atoms with Crippen LogP contribution in [0.25, 0.3) is 0 Å². The Hall–Kier alpha value is -1.95. The lowest BCUT2D eigenvalue weighted by molar-refractivity contribution is 0.232. The smallest absolute Gasteiger partial charge is 0.237 e. The van der Waals surface area contributed by atoms with Gasteiger partial charge in [0.05, 0.1) is 6.21 Å². The van der Waals surface area contributed by atoms with Crippen LogP contribution < -0.4 is 11.2 Å². The Morgan fingerprint density at radius 1 is 1.57 bits per heavy atom. The van der Waals surface area contributed by atoms with E-state index in [0.29, 0.717) is 5.56 Å². The van der Waals surface area contributed by atoms with Crippen molar-refractivity contribution in [3.63, 3.8) is 0 Å². The standard InChI is InChI=1S/C8H9FN4O/c9-7-3-1-2-6(4-7)5-11-12-8(10)13-14/h1-5,14H,(H3,10,12,13). The maximum atomic E-state index is 12.6. The van der Waals surface area contributed by atoms with Crippen LogP contribution in [0.5, 0.6) is 0 Å². The van der Waals surface area contributed by atoms with E-state index in [1.807, 2.05) is 0 Å². The average molecular weight is 196 g/mol. The molecule has 14 heavy (non-hydrogen) atoms. The van der Waals surface area contributed by atoms with Gasteiger partial charge in [0, 0.05) is 0 Å². The van der Waals surface area contributed by atoms with E-state index in [0.717, 1.165) is 0 Å². The Kier molecular flexibility index (Phi) is 3.57. The van der Waals surface area contributed by atoms with Crippen molar-refractivity contribution in [3.8, 4) is 0 Å². The van der Waals surface area contributed by atoms with E-state index < -0.39 is 0 Å². The van der Waals surface area contributed by atoms with Crippen molar-refractivity contribution >= 4 is 12.2 Å². The van der Waals surface area contributed by atoms with E-state index in [1.165, 1.54) is 18.3 Å². The summed E-state index contributed by atoms with van der Waals surface area (Å²) in [6, 6.07) is 5.82. The van der Waals surface area contributed by atoms with Crippen molar-refractivity contribution in [3.05, 3.63) is 35.6 Å². The number of rotatable bonds is 2. The second-order valence-electron chi connectivity index (χ2n) is 2.40. The summed E-state index contributed by atoms with van der Waals surface area (Å²) < 4.78 is 12.6. The molecule has 0 aromatic heterocycles. The van der Waals surface area contributed by atoms with Crippen molar-refractivity contribution in [2.24, 2.45) is 15.9 Å². The van der Waals surface area contributed by atoms with Crippen LogP contribution in [0.4, 0.5) is 4.39 Å². The van der Waals surface area contributed by atoms with Gasteiger partial charge in [-0.05, 0) is 17.7 Å². The number of hydroxylamine groups is 1. The summed E-state index contributed by atoms with van der Waals surface area (Å²) >= 11 is 0. The highest BCUT2D eigenvalue weighted by atomic mass is 19.1. The van der Waals surface area contributed by atoms with Gasteiger partial charge in [0.25, 0.3) is 0 Å². The van der Waals surface area contributed by atoms with E-state index in [1.54, 1.807) is 17.6 Å². The third-order valence-electron chi connectivity index (χ3n) is 1.34. The fourth-order valence-corrected chi connectivity index (χ4v) is 0.767. The molecule has 0 fully saturated rings. The largest absolute Gasteiger partial charge is 0.367 e. The molecule has 0 radical (unpaired) electrons. The first-order chi connectivity index (χ1) is 6.72. The Labute approximate surface area is 79.7 Å². The zero-order valence-electron chi connectivity index (χ0n) is 7.18. The van der Waals surface area contributed by atoms with Crippen molar-refractivity contribution in [2.75, 3.05) is 0 Å². The maximum absolute atomic E-state index is 12.6. The van der Waals surface area contributed by atoms with Crippen LogP contribution in [-0.4, -0.2) is 17.4 Å². The molecule has 4 N–H and O–H groups in total. The monoisotopic (exact) mass is 196 g/mol. The molecule has 1 aromatic rings. The predicted octanol–water partition coefficient (Wildman–Crippen LogP) is 0.453. The average Bonchev–Trinajstić information content (AvgIpc) is 2.17. The third kappa shape index (κ3) is 3.20. The first-order valence-corrected chi connectivity index (χ1v) is 3.74. The van der Waals surface area contributed by atoms with Crippen LogP contribution >= 0.6 is 0 Å². The molecule has 0 saturated heterocycles. The Bertz CT molecular complexity index is 364. The third-order valence-corrected chi connectivity index (χ3v) is 1.34. The second-order valence-corrected chi connectivity index (χ2v) is 2.40. The SMILES string of the molecule is N/C(=N\N=Cc1cccc(F)c1)NO. The van der Waals surface area contributed by atoms with Crippen LogP contribution in [-0.2, 0) is 0 Å². The van der Waals surface area contributed by atoms with Crippen LogP contribution in [0.3, 0.4) is 0 Å². The van der Waals surface area contributed by atoms with Crippen molar-refractivity contribution in [2.45, 2.75) is 0 Å². The molecular formula is C8H9FN4O. The number of nitrogens with one attached hydrogen (secondary N) is 1. The zero-order chi connectivity index (χ0) is 10.4. The fraction of sp³-hybridized carbons (Fsp3) is 0. The fourth-order valence-electron chi connectivity index (χ4n) is 0.767. The molecule has 74 valence electrons. The van der Waals surface area contributed by atoms with E-state index in [-0.39, 0.29) is 11.8 Å². The zero-order valence-corrected chi connectivity index (χ0v) is 7.18. The summed E-state index contributed by atoms with van der Waals surface area (Å²) in [6.45, 7) is 0. The first-order valence-electron chi connectivity index (χ1n) is 3.74. The number of nitrogens with zero attached hydrogens (tertiary/aromatic N) is 2. The molecule has 0 atom stereocenters. The van der Waals surface area contributed by atoms with Crippen LogP contribution in [0, 0.1) is 5.82 Å². The Balaban J connectivity index is 2.69. The molecule has 0 spiro atoms. The summed E-state index contributed by atoms with van der Waals surface area (Å²) in [5.74, 6) is -0.594. The van der Waals surface area contributed by atoms with Gasteiger partial charge in [-0.2, -0.15) is 5.10 Å². The van der Waals surface area contributed by atoms with Gasteiger partial charge in [-0.25, -0.2) is 9.87 Å². The normalized spacial score (nSPS) is 12.0. The lowest BCUT2D eigenvalue weighted by Crippen LogP contribution is -2.27. The Morgan fingerprint density at radius 3 is 3.00 bits per heavy atom. The molecule has 0 saturated carbocycles. The second kappa shape index (κ2) is 4.93. The molecule has 0 aliphatic carbocycles. The van der Waals surface area contributed by atoms with Gasteiger partial charge in [0.1, 0.15) is 5.82 Å². The van der Waals surface area contributed by atoms with E-state index in [2.05, 4.69) is 10.2 Å². The molecule has 0 amide bonds. The van der Waals surface area contributed by atoms with E-state index in [4.69, 9.17) is 10.9 Å². The molecule has 1 rings (SSSR count). The topological polar surface area (TPSA) is 83.0 Å². The van der Waals surface area contributed by atoms with Gasteiger partial charge in [-0.15, -0.1) is 5.10 Å². The predicted molar refractivity (Wildman–Crippen MR) is 50.5 cm³/mol.